The smallest absolute Gasteiger partial charge is 0.417 e. The van der Waals surface area contributed by atoms with Crippen LogP contribution in [-0.2, 0) is 17.5 Å². The monoisotopic (exact) mass is 498 g/mol. The molecule has 3 aromatic carbocycles. The van der Waals surface area contributed by atoms with Gasteiger partial charge in [-0.25, -0.2) is 4.98 Å². The standard InChI is InChI=1S/C25H21F3N4O4/c1-35-13-21-31-20-12-15(30-23(33)17-5-3-4-6-19(17)25(26,27)28)11-18(22(20)32-21)24(34)29-14-7-9-16(36-2)10-8-14/h3-12H,13H2,1-2H3,(H,29,34)(H,30,33)(H,31,32). The fourth-order valence-electron chi connectivity index (χ4n) is 3.62. The zero-order valence-electron chi connectivity index (χ0n) is 19.2. The van der Waals surface area contributed by atoms with Crippen molar-refractivity contribution in [3.8, 4) is 5.75 Å². The summed E-state index contributed by atoms with van der Waals surface area (Å²) in [4.78, 5) is 33.3. The molecular formula is C25H21F3N4O4. The van der Waals surface area contributed by atoms with Crippen molar-refractivity contribution in [3.05, 3.63) is 83.2 Å². The minimum Gasteiger partial charge on any atom is -0.497 e. The third-order valence-corrected chi connectivity index (χ3v) is 5.24. The number of alkyl halides is 3. The number of fused-ring (bicyclic) bond motifs is 1. The number of hydrogen-bond donors (Lipinski definition) is 3. The maximum Gasteiger partial charge on any atom is 0.417 e. The molecule has 0 fully saturated rings. The maximum absolute atomic E-state index is 13.4. The van der Waals surface area contributed by atoms with E-state index in [1.54, 1.807) is 24.3 Å². The van der Waals surface area contributed by atoms with E-state index in [0.29, 0.717) is 28.3 Å². The molecule has 0 bridgehead atoms. The topological polar surface area (TPSA) is 105 Å². The van der Waals surface area contributed by atoms with Gasteiger partial charge in [0.25, 0.3) is 11.8 Å². The van der Waals surface area contributed by atoms with Crippen molar-refractivity contribution in [1.82, 2.24) is 9.97 Å². The number of nitrogens with one attached hydrogen (secondary N) is 3. The minimum atomic E-state index is -4.71. The summed E-state index contributed by atoms with van der Waals surface area (Å²) in [6.45, 7) is 0.134. The van der Waals surface area contributed by atoms with Crippen LogP contribution in [-0.4, -0.2) is 36.0 Å². The molecule has 0 saturated heterocycles. The molecule has 8 nitrogen and oxygen atoms in total. The van der Waals surface area contributed by atoms with E-state index < -0.39 is 29.1 Å². The lowest BCUT2D eigenvalue weighted by atomic mass is 10.1. The van der Waals surface area contributed by atoms with Gasteiger partial charge in [-0.3, -0.25) is 9.59 Å². The lowest BCUT2D eigenvalue weighted by Gasteiger charge is -2.13. The van der Waals surface area contributed by atoms with Gasteiger partial charge in [-0.05, 0) is 48.5 Å². The highest BCUT2D eigenvalue weighted by Gasteiger charge is 2.35. The lowest BCUT2D eigenvalue weighted by molar-refractivity contribution is -0.137. The number of hydrogen-bond acceptors (Lipinski definition) is 5. The number of halogens is 3. The molecule has 0 aliphatic carbocycles. The molecule has 1 heterocycles. The van der Waals surface area contributed by atoms with E-state index in [1.807, 2.05) is 0 Å². The Labute approximate surface area is 203 Å². The number of aromatic amines is 1. The molecule has 36 heavy (non-hydrogen) atoms. The van der Waals surface area contributed by atoms with Crippen LogP contribution in [0.3, 0.4) is 0 Å². The van der Waals surface area contributed by atoms with Gasteiger partial charge in [-0.2, -0.15) is 13.2 Å². The zero-order valence-corrected chi connectivity index (χ0v) is 19.2. The summed E-state index contributed by atoms with van der Waals surface area (Å²) in [6.07, 6.45) is -4.71. The van der Waals surface area contributed by atoms with Crippen LogP contribution in [0.15, 0.2) is 60.7 Å². The van der Waals surface area contributed by atoms with Gasteiger partial charge in [0.1, 0.15) is 23.7 Å². The number of imidazole rings is 1. The van der Waals surface area contributed by atoms with E-state index in [-0.39, 0.29) is 17.9 Å². The Kier molecular flexibility index (Phi) is 6.93. The molecule has 0 saturated carbocycles. The van der Waals surface area contributed by atoms with Crippen LogP contribution in [0.1, 0.15) is 32.1 Å². The van der Waals surface area contributed by atoms with Gasteiger partial charge in [0.2, 0.25) is 0 Å². The summed E-state index contributed by atoms with van der Waals surface area (Å²) in [5, 5.41) is 5.21. The molecule has 3 N–H and O–H groups in total. The van der Waals surface area contributed by atoms with Crippen molar-refractivity contribution in [1.29, 1.82) is 0 Å². The number of aromatic nitrogens is 2. The fourth-order valence-corrected chi connectivity index (χ4v) is 3.62. The van der Waals surface area contributed by atoms with Crippen LogP contribution in [0.2, 0.25) is 0 Å². The van der Waals surface area contributed by atoms with Crippen molar-refractivity contribution in [2.75, 3.05) is 24.9 Å². The number of ether oxygens (including phenoxy) is 2. The first-order chi connectivity index (χ1) is 17.2. The zero-order chi connectivity index (χ0) is 25.9. The predicted molar refractivity (Wildman–Crippen MR) is 127 cm³/mol. The second-order valence-corrected chi connectivity index (χ2v) is 7.72. The van der Waals surface area contributed by atoms with Gasteiger partial charge in [0.15, 0.2) is 0 Å². The normalized spacial score (nSPS) is 11.4. The molecular weight excluding hydrogens is 477 g/mol. The van der Waals surface area contributed by atoms with E-state index in [0.717, 1.165) is 12.1 Å². The largest absolute Gasteiger partial charge is 0.497 e. The molecule has 186 valence electrons. The fraction of sp³-hybridized carbons (Fsp3) is 0.160. The number of rotatable bonds is 7. The van der Waals surface area contributed by atoms with Crippen LogP contribution in [0.4, 0.5) is 24.5 Å². The Balaban J connectivity index is 1.70. The molecule has 1 aromatic heterocycles. The Bertz CT molecular complexity index is 1420. The van der Waals surface area contributed by atoms with Crippen LogP contribution in [0.25, 0.3) is 11.0 Å². The molecule has 11 heteroatoms. The van der Waals surface area contributed by atoms with E-state index in [9.17, 15) is 22.8 Å². The molecule has 0 aliphatic rings. The van der Waals surface area contributed by atoms with Gasteiger partial charge >= 0.3 is 6.18 Å². The second-order valence-electron chi connectivity index (χ2n) is 7.72. The Morgan fingerprint density at radius 2 is 1.58 bits per heavy atom. The number of H-pyrrole nitrogens is 1. The van der Waals surface area contributed by atoms with Crippen molar-refractivity contribution >= 4 is 34.2 Å². The molecule has 0 aliphatic heterocycles. The maximum atomic E-state index is 13.4. The van der Waals surface area contributed by atoms with Crippen molar-refractivity contribution in [3.63, 3.8) is 0 Å². The number of methoxy groups -OCH3 is 2. The molecule has 0 unspecified atom stereocenters. The first-order valence-electron chi connectivity index (χ1n) is 10.6. The summed E-state index contributed by atoms with van der Waals surface area (Å²) in [5.74, 6) is -0.472. The number of anilines is 2. The van der Waals surface area contributed by atoms with E-state index >= 15 is 0 Å². The highest BCUT2D eigenvalue weighted by molar-refractivity contribution is 6.14. The molecule has 4 rings (SSSR count). The van der Waals surface area contributed by atoms with Crippen LogP contribution >= 0.6 is 0 Å². The Morgan fingerprint density at radius 3 is 2.25 bits per heavy atom. The van der Waals surface area contributed by atoms with Gasteiger partial charge < -0.3 is 25.1 Å². The SMILES string of the molecule is COCc1nc2c(C(=O)Nc3ccc(OC)cc3)cc(NC(=O)c3ccccc3C(F)(F)F)cc2[nH]1. The first kappa shape index (κ1) is 24.7. The third-order valence-electron chi connectivity index (χ3n) is 5.24. The van der Waals surface area contributed by atoms with Crippen LogP contribution in [0.5, 0.6) is 5.75 Å². The van der Waals surface area contributed by atoms with Gasteiger partial charge in [0, 0.05) is 18.5 Å². The third kappa shape index (κ3) is 5.31. The minimum absolute atomic E-state index is 0.0985. The number of amides is 2. The molecule has 2 amide bonds. The van der Waals surface area contributed by atoms with Crippen molar-refractivity contribution < 1.29 is 32.2 Å². The van der Waals surface area contributed by atoms with Crippen LogP contribution < -0.4 is 15.4 Å². The van der Waals surface area contributed by atoms with Crippen molar-refractivity contribution in [2.24, 2.45) is 0 Å². The number of carbonyl (C=O) groups excluding carboxylic acids is 2. The van der Waals surface area contributed by atoms with Crippen LogP contribution in [0, 0.1) is 0 Å². The van der Waals surface area contributed by atoms with Crippen molar-refractivity contribution in [2.45, 2.75) is 12.8 Å². The number of benzene rings is 3. The molecule has 0 atom stereocenters. The summed E-state index contributed by atoms with van der Waals surface area (Å²) < 4.78 is 50.4. The highest BCUT2D eigenvalue weighted by atomic mass is 19.4. The average Bonchev–Trinajstić information content (AvgIpc) is 3.26. The summed E-state index contributed by atoms with van der Waals surface area (Å²) in [5.41, 5.74) is -0.219. The summed E-state index contributed by atoms with van der Waals surface area (Å²) >= 11 is 0. The average molecular weight is 498 g/mol. The van der Waals surface area contributed by atoms with E-state index in [2.05, 4.69) is 20.6 Å². The highest BCUT2D eigenvalue weighted by Crippen LogP contribution is 2.32. The quantitative estimate of drug-likeness (QED) is 0.323. The lowest BCUT2D eigenvalue weighted by Crippen LogP contribution is -2.19. The van der Waals surface area contributed by atoms with Gasteiger partial charge in [-0.15, -0.1) is 0 Å². The second kappa shape index (κ2) is 10.1. The van der Waals surface area contributed by atoms with E-state index in [4.69, 9.17) is 9.47 Å². The Morgan fingerprint density at radius 1 is 0.917 bits per heavy atom. The molecule has 4 aromatic rings. The summed E-state index contributed by atoms with van der Waals surface area (Å²) in [7, 11) is 3.00. The number of nitrogens with zero attached hydrogens (tertiary/aromatic N) is 1. The molecule has 0 radical (unpaired) electrons. The number of carbonyl (C=O) groups is 2. The summed E-state index contributed by atoms with van der Waals surface area (Å²) in [6, 6.07) is 13.9. The van der Waals surface area contributed by atoms with Gasteiger partial charge in [-0.1, -0.05) is 12.1 Å². The molecule has 0 spiro atoms. The van der Waals surface area contributed by atoms with Gasteiger partial charge in [0.05, 0.1) is 29.3 Å². The first-order valence-corrected chi connectivity index (χ1v) is 10.6. The predicted octanol–water partition coefficient (Wildman–Crippen LogP) is 5.24. The van der Waals surface area contributed by atoms with E-state index in [1.165, 1.54) is 38.5 Å². The Hall–Kier alpha value is -4.38.